The Morgan fingerprint density at radius 3 is 2.79 bits per heavy atom. The summed E-state index contributed by atoms with van der Waals surface area (Å²) >= 11 is 0. The van der Waals surface area contributed by atoms with Crippen LogP contribution in [0.3, 0.4) is 0 Å². The summed E-state index contributed by atoms with van der Waals surface area (Å²) in [7, 11) is 0. The number of fused-ring (bicyclic) bond motifs is 1. The third-order valence-electron chi connectivity index (χ3n) is 2.87. The lowest BCUT2D eigenvalue weighted by atomic mass is 10.0. The van der Waals surface area contributed by atoms with Gasteiger partial charge >= 0.3 is 0 Å². The Bertz CT molecular complexity index is 214. The lowest BCUT2D eigenvalue weighted by Crippen LogP contribution is -2.44. The van der Waals surface area contributed by atoms with Gasteiger partial charge < -0.3 is 9.84 Å². The van der Waals surface area contributed by atoms with E-state index in [1.807, 2.05) is 5.06 Å². The van der Waals surface area contributed by atoms with E-state index in [-0.39, 0.29) is 6.10 Å². The van der Waals surface area contributed by atoms with Crippen molar-refractivity contribution < 1.29 is 14.7 Å². The van der Waals surface area contributed by atoms with Crippen LogP contribution in [-0.2, 0) is 9.57 Å². The Balaban J connectivity index is 2.00. The van der Waals surface area contributed by atoms with Gasteiger partial charge in [0.25, 0.3) is 0 Å². The smallest absolute Gasteiger partial charge is 0.0752 e. The van der Waals surface area contributed by atoms with E-state index in [9.17, 15) is 5.11 Å². The van der Waals surface area contributed by atoms with E-state index in [2.05, 4.69) is 6.92 Å². The SMILES string of the molecule is C[C@@H]1OC[C@H]2CON(CC(C)(C)O)[C@H]21. The van der Waals surface area contributed by atoms with Crippen LogP contribution in [0.15, 0.2) is 0 Å². The van der Waals surface area contributed by atoms with Crippen molar-refractivity contribution in [2.75, 3.05) is 19.8 Å². The van der Waals surface area contributed by atoms with Crippen LogP contribution in [0.1, 0.15) is 20.8 Å². The molecule has 2 aliphatic rings. The van der Waals surface area contributed by atoms with Gasteiger partial charge in [-0.2, -0.15) is 5.06 Å². The predicted molar refractivity (Wildman–Crippen MR) is 51.6 cm³/mol. The van der Waals surface area contributed by atoms with Crippen molar-refractivity contribution in [3.8, 4) is 0 Å². The zero-order chi connectivity index (χ0) is 10.3. The van der Waals surface area contributed by atoms with Crippen LogP contribution in [0.2, 0.25) is 0 Å². The lowest BCUT2D eigenvalue weighted by Gasteiger charge is -2.29. The standard InChI is InChI=1S/C10H19NO3/c1-7-9-8(4-13-7)5-14-11(9)6-10(2,3)12/h7-9,12H,4-6H2,1-3H3/t7-,8-,9-/m0/s1. The summed E-state index contributed by atoms with van der Waals surface area (Å²) in [6, 6.07) is 0.321. The molecule has 4 nitrogen and oxygen atoms in total. The summed E-state index contributed by atoms with van der Waals surface area (Å²) in [6.07, 6.45) is 0.213. The predicted octanol–water partition coefficient (Wildman–Crippen LogP) is 0.408. The maximum absolute atomic E-state index is 9.72. The number of hydrogen-bond acceptors (Lipinski definition) is 4. The van der Waals surface area contributed by atoms with Crippen molar-refractivity contribution in [1.82, 2.24) is 5.06 Å². The summed E-state index contributed by atoms with van der Waals surface area (Å²) in [4.78, 5) is 5.56. The highest BCUT2D eigenvalue weighted by Crippen LogP contribution is 2.32. The molecule has 0 spiro atoms. The normalized spacial score (nSPS) is 39.0. The monoisotopic (exact) mass is 201 g/mol. The molecule has 0 aromatic rings. The molecule has 14 heavy (non-hydrogen) atoms. The average Bonchev–Trinajstić information content (AvgIpc) is 2.54. The molecule has 0 aliphatic carbocycles. The molecule has 3 atom stereocenters. The first-order valence-corrected chi connectivity index (χ1v) is 5.21. The second kappa shape index (κ2) is 3.45. The first-order valence-electron chi connectivity index (χ1n) is 5.21. The van der Waals surface area contributed by atoms with Gasteiger partial charge in [-0.3, -0.25) is 4.84 Å². The third-order valence-corrected chi connectivity index (χ3v) is 2.87. The fourth-order valence-corrected chi connectivity index (χ4v) is 2.28. The molecule has 82 valence electrons. The largest absolute Gasteiger partial charge is 0.389 e. The minimum Gasteiger partial charge on any atom is -0.389 e. The molecule has 0 bridgehead atoms. The molecular formula is C10H19NO3. The van der Waals surface area contributed by atoms with Crippen LogP contribution in [0.4, 0.5) is 0 Å². The Hall–Kier alpha value is -0.160. The van der Waals surface area contributed by atoms with Crippen LogP contribution in [0.5, 0.6) is 0 Å². The number of rotatable bonds is 2. The van der Waals surface area contributed by atoms with Gasteiger partial charge in [0.2, 0.25) is 0 Å². The van der Waals surface area contributed by atoms with E-state index in [1.165, 1.54) is 0 Å². The molecule has 0 unspecified atom stereocenters. The zero-order valence-electron chi connectivity index (χ0n) is 9.06. The maximum atomic E-state index is 9.72. The Morgan fingerprint density at radius 2 is 2.14 bits per heavy atom. The summed E-state index contributed by atoms with van der Waals surface area (Å²) in [5.74, 6) is 0.479. The minimum absolute atomic E-state index is 0.213. The van der Waals surface area contributed by atoms with Gasteiger partial charge in [-0.15, -0.1) is 0 Å². The Morgan fingerprint density at radius 1 is 1.43 bits per heavy atom. The van der Waals surface area contributed by atoms with Gasteiger partial charge in [0.15, 0.2) is 0 Å². The van der Waals surface area contributed by atoms with Crippen molar-refractivity contribution in [1.29, 1.82) is 0 Å². The lowest BCUT2D eigenvalue weighted by molar-refractivity contribution is -0.177. The highest BCUT2D eigenvalue weighted by Gasteiger charge is 2.45. The summed E-state index contributed by atoms with van der Waals surface area (Å²) in [5, 5.41) is 11.6. The summed E-state index contributed by atoms with van der Waals surface area (Å²) in [5.41, 5.74) is -0.711. The quantitative estimate of drug-likeness (QED) is 0.702. The van der Waals surface area contributed by atoms with Gasteiger partial charge in [-0.05, 0) is 20.8 Å². The highest BCUT2D eigenvalue weighted by atomic mass is 16.7. The molecule has 1 N–H and O–H groups in total. The molecule has 0 saturated carbocycles. The number of hydroxylamine groups is 2. The summed E-state index contributed by atoms with van der Waals surface area (Å²) in [6.45, 7) is 7.71. The molecule has 2 saturated heterocycles. The number of hydrogen-bond donors (Lipinski definition) is 1. The second-order valence-electron chi connectivity index (χ2n) is 4.97. The molecule has 0 amide bonds. The average molecular weight is 201 g/mol. The number of nitrogens with zero attached hydrogens (tertiary/aromatic N) is 1. The Labute approximate surface area is 84.7 Å². The molecule has 2 fully saturated rings. The van der Waals surface area contributed by atoms with Crippen molar-refractivity contribution in [2.24, 2.45) is 5.92 Å². The molecule has 4 heteroatoms. The Kier molecular flexibility index (Phi) is 2.55. The fourth-order valence-electron chi connectivity index (χ4n) is 2.28. The molecule has 0 radical (unpaired) electrons. The molecular weight excluding hydrogens is 182 g/mol. The molecule has 2 rings (SSSR count). The first kappa shape index (κ1) is 10.4. The number of aliphatic hydroxyl groups is 1. The van der Waals surface area contributed by atoms with Crippen molar-refractivity contribution in [3.63, 3.8) is 0 Å². The zero-order valence-corrected chi connectivity index (χ0v) is 9.06. The van der Waals surface area contributed by atoms with Crippen LogP contribution >= 0.6 is 0 Å². The molecule has 0 aromatic carbocycles. The van der Waals surface area contributed by atoms with Gasteiger partial charge in [0, 0.05) is 5.92 Å². The van der Waals surface area contributed by atoms with Gasteiger partial charge in [0.05, 0.1) is 37.5 Å². The van der Waals surface area contributed by atoms with Gasteiger partial charge in [0.1, 0.15) is 0 Å². The van der Waals surface area contributed by atoms with Crippen LogP contribution < -0.4 is 0 Å². The van der Waals surface area contributed by atoms with E-state index < -0.39 is 5.60 Å². The number of β-amino-alcohol motifs (C(OH)–C–C–N with tert-alkyl or cyclic N) is 1. The minimum atomic E-state index is -0.711. The third kappa shape index (κ3) is 1.93. The van der Waals surface area contributed by atoms with Crippen molar-refractivity contribution in [2.45, 2.75) is 38.5 Å². The van der Waals surface area contributed by atoms with Gasteiger partial charge in [-0.1, -0.05) is 0 Å². The van der Waals surface area contributed by atoms with E-state index in [4.69, 9.17) is 9.57 Å². The molecule has 2 heterocycles. The van der Waals surface area contributed by atoms with E-state index in [0.717, 1.165) is 13.2 Å². The number of ether oxygens (including phenoxy) is 1. The topological polar surface area (TPSA) is 41.9 Å². The molecule has 2 aliphatic heterocycles. The van der Waals surface area contributed by atoms with Crippen LogP contribution in [0, 0.1) is 5.92 Å². The molecule has 0 aromatic heterocycles. The second-order valence-corrected chi connectivity index (χ2v) is 4.97. The summed E-state index contributed by atoms with van der Waals surface area (Å²) < 4.78 is 5.56. The first-order chi connectivity index (χ1) is 6.47. The van der Waals surface area contributed by atoms with Gasteiger partial charge in [-0.25, -0.2) is 0 Å². The van der Waals surface area contributed by atoms with Crippen molar-refractivity contribution >= 4 is 0 Å². The van der Waals surface area contributed by atoms with E-state index in [0.29, 0.717) is 18.5 Å². The van der Waals surface area contributed by atoms with E-state index >= 15 is 0 Å². The van der Waals surface area contributed by atoms with E-state index in [1.54, 1.807) is 13.8 Å². The van der Waals surface area contributed by atoms with Crippen LogP contribution in [0.25, 0.3) is 0 Å². The maximum Gasteiger partial charge on any atom is 0.0752 e. The van der Waals surface area contributed by atoms with Crippen LogP contribution in [-0.4, -0.2) is 47.7 Å². The van der Waals surface area contributed by atoms with Crippen molar-refractivity contribution in [3.05, 3.63) is 0 Å². The fraction of sp³-hybridized carbons (Fsp3) is 1.00. The highest BCUT2D eigenvalue weighted by molar-refractivity contribution is 4.91.